The van der Waals surface area contributed by atoms with Gasteiger partial charge < -0.3 is 19.2 Å². The molecule has 40 heavy (non-hydrogen) atoms. The molecule has 2 atom stereocenters. The van der Waals surface area contributed by atoms with E-state index in [4.69, 9.17) is 14.2 Å². The highest BCUT2D eigenvalue weighted by Crippen LogP contribution is 2.33. The molecule has 3 aliphatic heterocycles. The number of fused-ring (bicyclic) bond motifs is 2. The van der Waals surface area contributed by atoms with Gasteiger partial charge in [0, 0.05) is 50.4 Å². The average Bonchev–Trinajstić information content (AvgIpc) is 3.73. The number of H-pyrrole nitrogens is 1. The van der Waals surface area contributed by atoms with Crippen molar-refractivity contribution in [2.24, 2.45) is 0 Å². The average molecular weight is 544 g/mol. The predicted molar refractivity (Wildman–Crippen MR) is 147 cm³/mol. The lowest BCUT2D eigenvalue weighted by Crippen LogP contribution is -2.48. The van der Waals surface area contributed by atoms with Crippen LogP contribution < -0.4 is 15.0 Å². The molecule has 0 unspecified atom stereocenters. The van der Waals surface area contributed by atoms with Gasteiger partial charge in [-0.2, -0.15) is 0 Å². The summed E-state index contributed by atoms with van der Waals surface area (Å²) in [5.74, 6) is 2.28. The number of tetrazole rings is 1. The Morgan fingerprint density at radius 2 is 1.93 bits per heavy atom. The smallest absolute Gasteiger partial charge is 0.253 e. The van der Waals surface area contributed by atoms with E-state index in [1.165, 1.54) is 5.56 Å². The van der Waals surface area contributed by atoms with Crippen molar-refractivity contribution in [3.8, 4) is 11.5 Å². The van der Waals surface area contributed by atoms with Gasteiger partial charge in [0.05, 0.1) is 12.6 Å². The summed E-state index contributed by atoms with van der Waals surface area (Å²) in [5.41, 5.74) is 3.67. The molecule has 208 valence electrons. The van der Waals surface area contributed by atoms with E-state index in [0.717, 1.165) is 80.1 Å². The summed E-state index contributed by atoms with van der Waals surface area (Å²) in [6, 6.07) is 13.9. The molecule has 0 radical (unpaired) electrons. The molecule has 2 aromatic heterocycles. The number of aromatic nitrogens is 5. The van der Waals surface area contributed by atoms with Gasteiger partial charge in [0.1, 0.15) is 6.04 Å². The Morgan fingerprint density at radius 1 is 1.05 bits per heavy atom. The summed E-state index contributed by atoms with van der Waals surface area (Å²) in [5, 5.41) is 13.8. The zero-order chi connectivity index (χ0) is 27.1. The van der Waals surface area contributed by atoms with E-state index >= 15 is 0 Å². The van der Waals surface area contributed by atoms with Crippen molar-refractivity contribution in [3.63, 3.8) is 0 Å². The van der Waals surface area contributed by atoms with Crippen molar-refractivity contribution in [3.05, 3.63) is 75.3 Å². The van der Waals surface area contributed by atoms with Crippen LogP contribution in [0.25, 0.3) is 10.9 Å². The maximum atomic E-state index is 13.6. The first kappa shape index (κ1) is 25.2. The third-order valence-corrected chi connectivity index (χ3v) is 8.14. The molecule has 7 rings (SSSR count). The molecule has 4 aromatic rings. The largest absolute Gasteiger partial charge is 0.454 e. The SMILES string of the molecule is Cc1ccc2cc([C@H](c3nnnn3C[C@@H]3CCCO3)N3CCN(Cc4ccc5c(c4)OCO5)CC3)c(=O)[nH]c2c1. The van der Waals surface area contributed by atoms with Crippen LogP contribution in [0, 0.1) is 6.92 Å². The number of nitrogens with one attached hydrogen (secondary N) is 1. The molecule has 0 amide bonds. The quantitative estimate of drug-likeness (QED) is 0.376. The van der Waals surface area contributed by atoms with Gasteiger partial charge in [0.2, 0.25) is 6.79 Å². The molecule has 2 saturated heterocycles. The zero-order valence-electron chi connectivity index (χ0n) is 22.6. The van der Waals surface area contributed by atoms with Crippen molar-refractivity contribution >= 4 is 10.9 Å². The highest BCUT2D eigenvalue weighted by Gasteiger charge is 2.33. The van der Waals surface area contributed by atoms with E-state index in [9.17, 15) is 4.79 Å². The summed E-state index contributed by atoms with van der Waals surface area (Å²) in [4.78, 5) is 21.4. The Hall–Kier alpha value is -3.80. The second-order valence-corrected chi connectivity index (χ2v) is 10.9. The lowest BCUT2D eigenvalue weighted by Gasteiger charge is -2.38. The van der Waals surface area contributed by atoms with E-state index in [1.54, 1.807) is 0 Å². The molecule has 2 fully saturated rings. The summed E-state index contributed by atoms with van der Waals surface area (Å²) in [6.07, 6.45) is 2.11. The molecule has 3 aliphatic rings. The lowest BCUT2D eigenvalue weighted by atomic mass is 10.0. The minimum absolute atomic E-state index is 0.0827. The number of aromatic amines is 1. The van der Waals surface area contributed by atoms with E-state index in [-0.39, 0.29) is 24.5 Å². The Labute approximate surface area is 231 Å². The summed E-state index contributed by atoms with van der Waals surface area (Å²) >= 11 is 0. The highest BCUT2D eigenvalue weighted by molar-refractivity contribution is 5.79. The van der Waals surface area contributed by atoms with Crippen LogP contribution in [0.15, 0.2) is 47.3 Å². The second kappa shape index (κ2) is 10.6. The molecule has 0 spiro atoms. The van der Waals surface area contributed by atoms with Crippen LogP contribution >= 0.6 is 0 Å². The number of aryl methyl sites for hydroxylation is 1. The third kappa shape index (κ3) is 4.96. The second-order valence-electron chi connectivity index (χ2n) is 10.9. The number of pyridine rings is 1. The maximum Gasteiger partial charge on any atom is 0.253 e. The van der Waals surface area contributed by atoms with Crippen molar-refractivity contribution in [1.82, 2.24) is 35.0 Å². The third-order valence-electron chi connectivity index (χ3n) is 8.14. The van der Waals surface area contributed by atoms with E-state index in [2.05, 4.69) is 54.6 Å². The Kier molecular flexibility index (Phi) is 6.70. The standard InChI is InChI=1S/C29H33N7O4/c1-19-4-6-21-15-23(29(37)30-24(21)13-19)27(28-31-32-33-36(28)17-22-3-2-12-38-22)35-10-8-34(9-11-35)16-20-5-7-25-26(14-20)40-18-39-25/h4-7,13-15,22,27H,2-3,8-12,16-18H2,1H3,(H,30,37)/t22-,27+/m0/s1. The first-order valence-electron chi connectivity index (χ1n) is 14.0. The van der Waals surface area contributed by atoms with Crippen molar-refractivity contribution in [2.45, 2.75) is 45.0 Å². The van der Waals surface area contributed by atoms with Crippen LogP contribution in [0.1, 0.15) is 41.4 Å². The van der Waals surface area contributed by atoms with Gasteiger partial charge in [0.15, 0.2) is 17.3 Å². The first-order valence-corrected chi connectivity index (χ1v) is 14.0. The summed E-state index contributed by atoms with van der Waals surface area (Å²) in [7, 11) is 0. The topological polar surface area (TPSA) is 111 Å². The number of hydrogen-bond acceptors (Lipinski definition) is 9. The molecule has 11 heteroatoms. The number of nitrogens with zero attached hydrogens (tertiary/aromatic N) is 6. The van der Waals surface area contributed by atoms with Crippen LogP contribution in [0.3, 0.4) is 0 Å². The van der Waals surface area contributed by atoms with Gasteiger partial charge in [-0.3, -0.25) is 14.6 Å². The van der Waals surface area contributed by atoms with Gasteiger partial charge in [-0.25, -0.2) is 4.68 Å². The first-order chi connectivity index (χ1) is 19.6. The van der Waals surface area contributed by atoms with E-state index in [1.807, 2.05) is 29.8 Å². The fraction of sp³-hybridized carbons (Fsp3) is 0.448. The van der Waals surface area contributed by atoms with Crippen molar-refractivity contribution in [2.75, 3.05) is 39.6 Å². The minimum Gasteiger partial charge on any atom is -0.454 e. The summed E-state index contributed by atoms with van der Waals surface area (Å²) < 4.78 is 18.7. The molecule has 5 heterocycles. The molecule has 0 aliphatic carbocycles. The van der Waals surface area contributed by atoms with E-state index < -0.39 is 0 Å². The lowest BCUT2D eigenvalue weighted by molar-refractivity contribution is 0.0840. The molecule has 11 nitrogen and oxygen atoms in total. The number of ether oxygens (including phenoxy) is 3. The highest BCUT2D eigenvalue weighted by atomic mass is 16.7. The molecule has 0 bridgehead atoms. The zero-order valence-corrected chi connectivity index (χ0v) is 22.6. The van der Waals surface area contributed by atoms with Crippen LogP contribution in [0.4, 0.5) is 0 Å². The Balaban J connectivity index is 1.17. The van der Waals surface area contributed by atoms with Crippen LogP contribution in [0.5, 0.6) is 11.5 Å². The number of rotatable bonds is 7. The predicted octanol–water partition coefficient (Wildman–Crippen LogP) is 2.64. The van der Waals surface area contributed by atoms with Crippen LogP contribution in [0.2, 0.25) is 0 Å². The monoisotopic (exact) mass is 543 g/mol. The fourth-order valence-corrected chi connectivity index (χ4v) is 6.03. The van der Waals surface area contributed by atoms with Gasteiger partial charge in [-0.15, -0.1) is 5.10 Å². The number of hydrogen-bond donors (Lipinski definition) is 1. The molecular formula is C29H33N7O4. The Bertz CT molecular complexity index is 1570. The van der Waals surface area contributed by atoms with Crippen LogP contribution in [-0.4, -0.2) is 80.7 Å². The van der Waals surface area contributed by atoms with Gasteiger partial charge in [-0.1, -0.05) is 18.2 Å². The van der Waals surface area contributed by atoms with Gasteiger partial charge in [-0.05, 0) is 71.0 Å². The maximum absolute atomic E-state index is 13.6. The normalized spacial score (nSPS) is 20.4. The number of benzene rings is 2. The molecule has 0 saturated carbocycles. The Morgan fingerprint density at radius 3 is 2.77 bits per heavy atom. The molecule has 2 aromatic carbocycles. The minimum atomic E-state index is -0.376. The van der Waals surface area contributed by atoms with Crippen molar-refractivity contribution < 1.29 is 14.2 Å². The summed E-state index contributed by atoms with van der Waals surface area (Å²) in [6.45, 7) is 7.71. The fourth-order valence-electron chi connectivity index (χ4n) is 6.03. The van der Waals surface area contributed by atoms with Gasteiger partial charge in [0.25, 0.3) is 5.56 Å². The van der Waals surface area contributed by atoms with Crippen LogP contribution in [-0.2, 0) is 17.8 Å². The molecular weight excluding hydrogens is 510 g/mol. The van der Waals surface area contributed by atoms with Crippen molar-refractivity contribution in [1.29, 1.82) is 0 Å². The van der Waals surface area contributed by atoms with E-state index in [0.29, 0.717) is 17.9 Å². The number of piperazine rings is 1. The molecule has 1 N–H and O–H groups in total. The van der Waals surface area contributed by atoms with Gasteiger partial charge >= 0.3 is 0 Å².